The lowest BCUT2D eigenvalue weighted by atomic mass is 9.94. The van der Waals surface area contributed by atoms with E-state index in [1.54, 1.807) is 0 Å². The number of H-pyrrole nitrogens is 1. The lowest BCUT2D eigenvalue weighted by Crippen LogP contribution is -2.41. The molecular formula is C28H30F3N7O8. The molecule has 0 aliphatic heterocycles. The van der Waals surface area contributed by atoms with Crippen LogP contribution in [0.15, 0.2) is 35.3 Å². The molecular weight excluding hydrogens is 619 g/mol. The van der Waals surface area contributed by atoms with Crippen LogP contribution < -0.4 is 21.5 Å². The molecule has 0 unspecified atom stereocenters. The number of unbranched alkanes of at least 4 members (excludes halogenated alkanes) is 1. The van der Waals surface area contributed by atoms with Gasteiger partial charge in [0.2, 0.25) is 5.95 Å². The van der Waals surface area contributed by atoms with E-state index >= 15 is 0 Å². The second-order valence-corrected chi connectivity index (χ2v) is 10.2. The topological polar surface area (TPSA) is 239 Å². The number of nitrogens with two attached hydrogens (primary N) is 1. The number of halogens is 3. The van der Waals surface area contributed by atoms with Gasteiger partial charge in [0.1, 0.15) is 11.8 Å². The number of benzene rings is 1. The summed E-state index contributed by atoms with van der Waals surface area (Å²) in [6.45, 7) is 1.08. The normalized spacial score (nSPS) is 12.7. The van der Waals surface area contributed by atoms with Crippen LogP contribution in [0.5, 0.6) is 0 Å². The van der Waals surface area contributed by atoms with Crippen LogP contribution in [-0.2, 0) is 25.7 Å². The van der Waals surface area contributed by atoms with E-state index in [1.165, 1.54) is 0 Å². The van der Waals surface area contributed by atoms with Crippen molar-refractivity contribution in [3.05, 3.63) is 52.1 Å². The summed E-state index contributed by atoms with van der Waals surface area (Å²) in [4.78, 5) is 86.8. The Morgan fingerprint density at radius 3 is 2.30 bits per heavy atom. The van der Waals surface area contributed by atoms with Crippen molar-refractivity contribution in [1.29, 1.82) is 0 Å². The van der Waals surface area contributed by atoms with Gasteiger partial charge in [-0.25, -0.2) is 14.8 Å². The number of nitrogens with zero attached hydrogens (tertiary/aromatic N) is 4. The molecule has 6 N–H and O–H groups in total. The highest BCUT2D eigenvalue weighted by Gasteiger charge is 2.43. The molecule has 0 aliphatic rings. The number of carbonyl (C=O) groups excluding carboxylic acids is 3. The fourth-order valence-corrected chi connectivity index (χ4v) is 4.38. The molecule has 3 rings (SSSR count). The van der Waals surface area contributed by atoms with Crippen molar-refractivity contribution in [2.75, 3.05) is 10.6 Å². The Labute approximate surface area is 258 Å². The average Bonchev–Trinajstić information content (AvgIpc) is 2.99. The fourth-order valence-electron chi connectivity index (χ4n) is 4.38. The summed E-state index contributed by atoms with van der Waals surface area (Å²) in [6.07, 6.45) is -3.60. The zero-order chi connectivity index (χ0) is 34.2. The Balaban J connectivity index is 1.75. The van der Waals surface area contributed by atoms with Crippen molar-refractivity contribution in [3.63, 3.8) is 0 Å². The minimum atomic E-state index is -5.32. The van der Waals surface area contributed by atoms with Crippen molar-refractivity contribution < 1.29 is 47.4 Å². The minimum absolute atomic E-state index is 0.172. The van der Waals surface area contributed by atoms with Gasteiger partial charge in [0.25, 0.3) is 11.5 Å². The SMILES string of the molecule is CCCC[C@@H](CC(=O)CC[C@@H](NC(=O)c1ccc(N(Cc2cnc3nc(N)[nH]c(=O)c3n2)C(=O)C(F)(F)F)cc1)C(=O)O)C(=O)O. The largest absolute Gasteiger partial charge is 0.481 e. The van der Waals surface area contributed by atoms with E-state index in [4.69, 9.17) is 5.73 Å². The Hall–Kier alpha value is -5.42. The van der Waals surface area contributed by atoms with E-state index in [9.17, 15) is 52.2 Å². The third-order valence-electron chi connectivity index (χ3n) is 6.78. The van der Waals surface area contributed by atoms with Crippen molar-refractivity contribution in [3.8, 4) is 0 Å². The first-order valence-corrected chi connectivity index (χ1v) is 13.9. The minimum Gasteiger partial charge on any atom is -0.481 e. The number of fused-ring (bicyclic) bond motifs is 1. The summed E-state index contributed by atoms with van der Waals surface area (Å²) in [5.74, 6) is -7.46. The predicted molar refractivity (Wildman–Crippen MR) is 154 cm³/mol. The van der Waals surface area contributed by atoms with Gasteiger partial charge in [-0.3, -0.25) is 33.9 Å². The Bertz CT molecular complexity index is 1680. The number of alkyl halides is 3. The average molecular weight is 650 g/mol. The number of anilines is 2. The first-order chi connectivity index (χ1) is 21.6. The molecule has 3 aromatic rings. The number of Topliss-reactive ketones (excluding diaryl/α,β-unsaturated/α-hetero) is 1. The van der Waals surface area contributed by atoms with E-state index in [-0.39, 0.29) is 53.3 Å². The van der Waals surface area contributed by atoms with Crippen LogP contribution in [0.25, 0.3) is 11.2 Å². The van der Waals surface area contributed by atoms with E-state index < -0.39 is 59.8 Å². The summed E-state index contributed by atoms with van der Waals surface area (Å²) in [5.41, 5.74) is 3.44. The van der Waals surface area contributed by atoms with Crippen molar-refractivity contribution in [2.24, 2.45) is 5.92 Å². The summed E-state index contributed by atoms with van der Waals surface area (Å²) < 4.78 is 40.5. The first kappa shape index (κ1) is 35.1. The number of amides is 2. The molecule has 0 fully saturated rings. The van der Waals surface area contributed by atoms with Crippen molar-refractivity contribution in [1.82, 2.24) is 25.3 Å². The van der Waals surface area contributed by atoms with E-state index in [1.807, 2.05) is 6.92 Å². The van der Waals surface area contributed by atoms with Gasteiger partial charge in [0, 0.05) is 24.1 Å². The number of aliphatic carboxylic acids is 2. The van der Waals surface area contributed by atoms with Crippen LogP contribution in [-0.4, -0.2) is 71.9 Å². The molecule has 18 heteroatoms. The van der Waals surface area contributed by atoms with Crippen LogP contribution in [0.3, 0.4) is 0 Å². The van der Waals surface area contributed by atoms with Gasteiger partial charge in [0.05, 0.1) is 24.4 Å². The van der Waals surface area contributed by atoms with Gasteiger partial charge in [-0.2, -0.15) is 18.2 Å². The third kappa shape index (κ3) is 9.29. The number of carboxylic acids is 2. The van der Waals surface area contributed by atoms with Gasteiger partial charge < -0.3 is 21.3 Å². The number of nitrogen functional groups attached to an aromatic ring is 1. The fraction of sp³-hybridized carbons (Fsp3) is 0.393. The van der Waals surface area contributed by atoms with E-state index in [0.29, 0.717) is 17.7 Å². The predicted octanol–water partition coefficient (Wildman–Crippen LogP) is 2.20. The second kappa shape index (κ2) is 15.0. The first-order valence-electron chi connectivity index (χ1n) is 13.9. The van der Waals surface area contributed by atoms with Crippen LogP contribution in [0.1, 0.15) is 61.5 Å². The maximum absolute atomic E-state index is 13.5. The summed E-state index contributed by atoms with van der Waals surface area (Å²) in [6, 6.07) is 2.62. The molecule has 0 bridgehead atoms. The second-order valence-electron chi connectivity index (χ2n) is 10.2. The molecule has 0 saturated carbocycles. The molecule has 0 saturated heterocycles. The molecule has 2 heterocycles. The van der Waals surface area contributed by atoms with Gasteiger partial charge in [-0.15, -0.1) is 0 Å². The zero-order valence-corrected chi connectivity index (χ0v) is 24.3. The summed E-state index contributed by atoms with van der Waals surface area (Å²) >= 11 is 0. The molecule has 0 spiro atoms. The summed E-state index contributed by atoms with van der Waals surface area (Å²) in [7, 11) is 0. The van der Waals surface area contributed by atoms with Gasteiger partial charge >= 0.3 is 24.0 Å². The Morgan fingerprint density at radius 1 is 1.04 bits per heavy atom. The number of carbonyl (C=O) groups is 5. The summed E-state index contributed by atoms with van der Waals surface area (Å²) in [5, 5.41) is 21.1. The van der Waals surface area contributed by atoms with Crippen LogP contribution >= 0.6 is 0 Å². The number of hydrogen-bond donors (Lipinski definition) is 5. The van der Waals surface area contributed by atoms with Crippen LogP contribution in [0.2, 0.25) is 0 Å². The van der Waals surface area contributed by atoms with Gasteiger partial charge in [0.15, 0.2) is 11.2 Å². The molecule has 246 valence electrons. The number of aromatic amines is 1. The number of rotatable bonds is 15. The monoisotopic (exact) mass is 649 g/mol. The molecule has 1 aromatic carbocycles. The highest BCUT2D eigenvalue weighted by atomic mass is 19.4. The number of nitrogens with one attached hydrogen (secondary N) is 2. The molecule has 15 nitrogen and oxygen atoms in total. The molecule has 2 amide bonds. The maximum Gasteiger partial charge on any atom is 0.471 e. The number of aromatic nitrogens is 4. The van der Waals surface area contributed by atoms with E-state index in [2.05, 4.69) is 25.3 Å². The van der Waals surface area contributed by atoms with E-state index in [0.717, 1.165) is 36.9 Å². The number of ketones is 1. The number of hydrogen-bond acceptors (Lipinski definition) is 10. The van der Waals surface area contributed by atoms with Gasteiger partial charge in [-0.1, -0.05) is 19.8 Å². The lowest BCUT2D eigenvalue weighted by Gasteiger charge is -2.24. The van der Waals surface area contributed by atoms with Crippen molar-refractivity contribution in [2.45, 2.75) is 64.2 Å². The molecule has 46 heavy (non-hydrogen) atoms. The highest BCUT2D eigenvalue weighted by Crippen LogP contribution is 2.26. The Morgan fingerprint density at radius 2 is 1.72 bits per heavy atom. The highest BCUT2D eigenvalue weighted by molar-refractivity contribution is 5.99. The standard InChI is InChI=1S/C28H30F3N7O8/c1-2-3-4-15(24(42)43)11-18(39)9-10-19(25(44)45)35-22(40)14-5-7-17(8-6-14)38(26(46)28(29,30)31)13-16-12-33-21-20(34-16)23(41)37-27(32)36-21/h5-8,12,15,19H,2-4,9-11,13H2,1H3,(H,35,40)(H,42,43)(H,44,45)(H3,32,33,36,37,41)/t15-,19+/m0/s1. The van der Waals surface area contributed by atoms with Crippen molar-refractivity contribution >= 4 is 52.3 Å². The zero-order valence-electron chi connectivity index (χ0n) is 24.3. The van der Waals surface area contributed by atoms with Gasteiger partial charge in [-0.05, 0) is 37.1 Å². The third-order valence-corrected chi connectivity index (χ3v) is 6.78. The van der Waals surface area contributed by atoms with Crippen LogP contribution in [0, 0.1) is 5.92 Å². The molecule has 0 radical (unpaired) electrons. The molecule has 2 atom stereocenters. The number of carboxylic acid groups (broad SMARTS) is 2. The Kier molecular flexibility index (Phi) is 11.5. The molecule has 2 aromatic heterocycles. The lowest BCUT2D eigenvalue weighted by molar-refractivity contribution is -0.170. The molecule has 0 aliphatic carbocycles. The maximum atomic E-state index is 13.5. The smallest absolute Gasteiger partial charge is 0.471 e. The quantitative estimate of drug-likeness (QED) is 0.159. The van der Waals surface area contributed by atoms with Crippen LogP contribution in [0.4, 0.5) is 24.8 Å².